The molecule has 1 saturated heterocycles. The molecule has 0 unspecified atom stereocenters. The summed E-state index contributed by atoms with van der Waals surface area (Å²) in [5.41, 5.74) is -0.501. The Labute approximate surface area is 100 Å². The summed E-state index contributed by atoms with van der Waals surface area (Å²) in [6.07, 6.45) is 0.224. The number of hydrogen-bond donors (Lipinski definition) is 2. The fourth-order valence-electron chi connectivity index (χ4n) is 1.93. The van der Waals surface area contributed by atoms with Crippen LogP contribution in [0, 0.1) is 0 Å². The van der Waals surface area contributed by atoms with Gasteiger partial charge in [-0.25, -0.2) is 13.6 Å². The summed E-state index contributed by atoms with van der Waals surface area (Å²) in [4.78, 5) is 28.5. The lowest BCUT2D eigenvalue weighted by molar-refractivity contribution is -0.0717. The van der Waals surface area contributed by atoms with E-state index in [-0.39, 0.29) is 18.8 Å². The van der Waals surface area contributed by atoms with Crippen molar-refractivity contribution < 1.29 is 18.7 Å². The lowest BCUT2D eigenvalue weighted by Crippen LogP contribution is -2.48. The monoisotopic (exact) mass is 259 g/mol. The first-order chi connectivity index (χ1) is 8.40. The van der Waals surface area contributed by atoms with Gasteiger partial charge in [0.2, 0.25) is 0 Å². The summed E-state index contributed by atoms with van der Waals surface area (Å²) in [5.74, 6) is -4.36. The van der Waals surface area contributed by atoms with Crippen molar-refractivity contribution in [3.63, 3.8) is 0 Å². The first-order valence-corrected chi connectivity index (χ1v) is 5.30. The molecule has 1 fully saturated rings. The number of carboxylic acid groups (broad SMARTS) is 1. The Balaban J connectivity index is 2.29. The number of halogens is 2. The Hall–Kier alpha value is -1.99. The normalized spacial score (nSPS) is 22.8. The Morgan fingerprint density at radius 2 is 2.33 bits per heavy atom. The zero-order chi connectivity index (χ0) is 13.3. The number of likely N-dealkylation sites (tertiary alicyclic amines) is 1. The summed E-state index contributed by atoms with van der Waals surface area (Å²) >= 11 is 0. The van der Waals surface area contributed by atoms with Crippen LogP contribution in [0.2, 0.25) is 0 Å². The predicted molar refractivity (Wildman–Crippen MR) is 56.8 cm³/mol. The maximum Gasteiger partial charge on any atom is 0.407 e. The van der Waals surface area contributed by atoms with Gasteiger partial charge in [0.15, 0.2) is 0 Å². The molecule has 2 N–H and O–H groups in total. The number of rotatable bonds is 1. The van der Waals surface area contributed by atoms with Crippen LogP contribution in [0.1, 0.15) is 18.0 Å². The second-order valence-corrected chi connectivity index (χ2v) is 4.13. The molecule has 18 heavy (non-hydrogen) atoms. The molecule has 0 radical (unpaired) electrons. The number of hydrogen-bond acceptors (Lipinski definition) is 3. The fourth-order valence-corrected chi connectivity index (χ4v) is 1.93. The summed E-state index contributed by atoms with van der Waals surface area (Å²) in [6, 6.07) is 0. The minimum Gasteiger partial charge on any atom is -0.465 e. The van der Waals surface area contributed by atoms with Gasteiger partial charge in [0.05, 0.1) is 17.8 Å². The molecule has 2 heterocycles. The number of aromatic amines is 1. The van der Waals surface area contributed by atoms with Crippen molar-refractivity contribution in [3.05, 3.63) is 28.4 Å². The Morgan fingerprint density at radius 1 is 1.61 bits per heavy atom. The van der Waals surface area contributed by atoms with E-state index in [2.05, 4.69) is 9.97 Å². The van der Waals surface area contributed by atoms with Gasteiger partial charge in [0, 0.05) is 25.7 Å². The van der Waals surface area contributed by atoms with E-state index < -0.39 is 29.9 Å². The third-order valence-corrected chi connectivity index (χ3v) is 2.95. The van der Waals surface area contributed by atoms with Gasteiger partial charge in [-0.1, -0.05) is 0 Å². The van der Waals surface area contributed by atoms with Crippen LogP contribution < -0.4 is 5.56 Å². The molecular weight excluding hydrogens is 248 g/mol. The molecule has 1 aliphatic heterocycles. The van der Waals surface area contributed by atoms with E-state index in [1.165, 1.54) is 0 Å². The first kappa shape index (κ1) is 12.5. The van der Waals surface area contributed by atoms with Gasteiger partial charge < -0.3 is 15.0 Å². The highest BCUT2D eigenvalue weighted by Crippen LogP contribution is 2.39. The van der Waals surface area contributed by atoms with E-state index in [0.717, 1.165) is 17.3 Å². The molecule has 0 saturated carbocycles. The molecular formula is C10H11F2N3O3. The van der Waals surface area contributed by atoms with Crippen LogP contribution >= 0.6 is 0 Å². The zero-order valence-corrected chi connectivity index (χ0v) is 9.27. The van der Waals surface area contributed by atoms with E-state index in [1.807, 2.05) is 0 Å². The van der Waals surface area contributed by atoms with Crippen molar-refractivity contribution in [1.29, 1.82) is 0 Å². The van der Waals surface area contributed by atoms with Gasteiger partial charge in [-0.05, 0) is 0 Å². The van der Waals surface area contributed by atoms with E-state index in [0.29, 0.717) is 0 Å². The quantitative estimate of drug-likeness (QED) is 0.783. The largest absolute Gasteiger partial charge is 0.465 e. The number of piperidine rings is 1. The summed E-state index contributed by atoms with van der Waals surface area (Å²) in [6.45, 7) is -0.538. The SMILES string of the molecule is O=C(O)N1CCC(F)(F)[C@H](c2c[nH]c(=O)cn2)C1. The van der Waals surface area contributed by atoms with Crippen LogP contribution in [0.15, 0.2) is 17.2 Å². The van der Waals surface area contributed by atoms with Crippen LogP contribution in [-0.4, -0.2) is 45.1 Å². The topological polar surface area (TPSA) is 86.3 Å². The van der Waals surface area contributed by atoms with Crippen LogP contribution in [0.5, 0.6) is 0 Å². The number of nitrogens with one attached hydrogen (secondary N) is 1. The van der Waals surface area contributed by atoms with Crippen molar-refractivity contribution in [2.75, 3.05) is 13.1 Å². The molecule has 1 aromatic rings. The minimum atomic E-state index is -3.03. The van der Waals surface area contributed by atoms with E-state index >= 15 is 0 Å². The van der Waals surface area contributed by atoms with E-state index in [4.69, 9.17) is 5.11 Å². The lowest BCUT2D eigenvalue weighted by atomic mass is 9.91. The molecule has 8 heteroatoms. The van der Waals surface area contributed by atoms with E-state index in [9.17, 15) is 18.4 Å². The lowest BCUT2D eigenvalue weighted by Gasteiger charge is -2.36. The number of amides is 1. The molecule has 6 nitrogen and oxygen atoms in total. The third kappa shape index (κ3) is 2.31. The number of aromatic nitrogens is 2. The Kier molecular flexibility index (Phi) is 3.02. The van der Waals surface area contributed by atoms with Gasteiger partial charge in [-0.3, -0.25) is 9.78 Å². The Bertz CT molecular complexity index is 497. The van der Waals surface area contributed by atoms with Gasteiger partial charge in [-0.15, -0.1) is 0 Å². The zero-order valence-electron chi connectivity index (χ0n) is 9.27. The van der Waals surface area contributed by atoms with Crippen molar-refractivity contribution >= 4 is 6.09 Å². The highest BCUT2D eigenvalue weighted by Gasteiger charge is 2.46. The maximum atomic E-state index is 13.7. The Morgan fingerprint density at radius 3 is 2.89 bits per heavy atom. The second kappa shape index (κ2) is 4.35. The van der Waals surface area contributed by atoms with Gasteiger partial charge >= 0.3 is 6.09 Å². The number of H-pyrrole nitrogens is 1. The second-order valence-electron chi connectivity index (χ2n) is 4.13. The standard InChI is InChI=1S/C10H11F2N3O3/c11-10(12)1-2-15(9(17)18)5-6(10)7-3-14-8(16)4-13-7/h3-4,6H,1-2,5H2,(H,14,16)(H,17,18)/t6-/m0/s1. The molecule has 0 spiro atoms. The minimum absolute atomic E-state index is 0.00875. The molecule has 1 atom stereocenters. The maximum absolute atomic E-state index is 13.7. The third-order valence-electron chi connectivity index (χ3n) is 2.95. The molecule has 1 amide bonds. The predicted octanol–water partition coefficient (Wildman–Crippen LogP) is 0.872. The molecule has 0 aromatic carbocycles. The van der Waals surface area contributed by atoms with Crippen LogP contribution in [0.25, 0.3) is 0 Å². The van der Waals surface area contributed by atoms with Crippen molar-refractivity contribution in [3.8, 4) is 0 Å². The smallest absolute Gasteiger partial charge is 0.407 e. The van der Waals surface area contributed by atoms with Crippen LogP contribution in [0.4, 0.5) is 13.6 Å². The van der Waals surface area contributed by atoms with Crippen molar-refractivity contribution in [2.24, 2.45) is 0 Å². The highest BCUT2D eigenvalue weighted by atomic mass is 19.3. The van der Waals surface area contributed by atoms with Crippen LogP contribution in [-0.2, 0) is 0 Å². The van der Waals surface area contributed by atoms with Crippen LogP contribution in [0.3, 0.4) is 0 Å². The number of alkyl halides is 2. The molecule has 0 bridgehead atoms. The summed E-state index contributed by atoms with van der Waals surface area (Å²) < 4.78 is 27.5. The average Bonchev–Trinajstić information content (AvgIpc) is 2.30. The van der Waals surface area contributed by atoms with Gasteiger partial charge in [0.1, 0.15) is 0 Å². The average molecular weight is 259 g/mol. The van der Waals surface area contributed by atoms with Gasteiger partial charge in [-0.2, -0.15) is 0 Å². The molecule has 2 rings (SSSR count). The van der Waals surface area contributed by atoms with Gasteiger partial charge in [0.25, 0.3) is 11.5 Å². The first-order valence-electron chi connectivity index (χ1n) is 5.30. The molecule has 98 valence electrons. The summed E-state index contributed by atoms with van der Waals surface area (Å²) in [7, 11) is 0. The van der Waals surface area contributed by atoms with Crippen molar-refractivity contribution in [1.82, 2.24) is 14.9 Å². The number of carbonyl (C=O) groups is 1. The highest BCUT2D eigenvalue weighted by molar-refractivity contribution is 5.65. The van der Waals surface area contributed by atoms with Crippen molar-refractivity contribution in [2.45, 2.75) is 18.3 Å². The number of nitrogens with zero attached hydrogens (tertiary/aromatic N) is 2. The summed E-state index contributed by atoms with van der Waals surface area (Å²) in [5, 5.41) is 8.82. The molecule has 1 aromatic heterocycles. The molecule has 1 aliphatic rings. The van der Waals surface area contributed by atoms with E-state index in [1.54, 1.807) is 0 Å². The fraction of sp³-hybridized carbons (Fsp3) is 0.500. The molecule has 0 aliphatic carbocycles.